The van der Waals surface area contributed by atoms with Crippen molar-refractivity contribution in [3.63, 3.8) is 0 Å². The molecule has 3 heterocycles. The van der Waals surface area contributed by atoms with Crippen LogP contribution in [0.5, 0.6) is 0 Å². The smallest absolute Gasteiger partial charge is 0.0783 e. The number of ether oxygens (including phenoxy) is 1. The predicted octanol–water partition coefficient (Wildman–Crippen LogP) is 2.94. The van der Waals surface area contributed by atoms with Crippen molar-refractivity contribution in [2.45, 2.75) is 55.5 Å². The van der Waals surface area contributed by atoms with Gasteiger partial charge in [-0.2, -0.15) is 23.5 Å². The third-order valence-electron chi connectivity index (χ3n) is 4.92. The van der Waals surface area contributed by atoms with Crippen LogP contribution in [0.3, 0.4) is 0 Å². The maximum absolute atomic E-state index is 10.8. The summed E-state index contributed by atoms with van der Waals surface area (Å²) < 4.78 is 6.17. The third kappa shape index (κ3) is 2.46. The zero-order valence-electron chi connectivity index (χ0n) is 11.2. The van der Waals surface area contributed by atoms with Gasteiger partial charge in [-0.1, -0.05) is 0 Å². The van der Waals surface area contributed by atoms with Crippen molar-refractivity contribution >= 4 is 23.5 Å². The Morgan fingerprint density at radius 1 is 1.33 bits per heavy atom. The number of aliphatic hydroxyl groups excluding tert-OH is 1. The van der Waals surface area contributed by atoms with Crippen molar-refractivity contribution in [3.8, 4) is 0 Å². The Balaban J connectivity index is 1.68. The number of rotatable bonds is 2. The Hall–Kier alpha value is 0.620. The van der Waals surface area contributed by atoms with Gasteiger partial charge in [-0.05, 0) is 56.5 Å². The predicted molar refractivity (Wildman–Crippen MR) is 79.5 cm³/mol. The van der Waals surface area contributed by atoms with Gasteiger partial charge in [0.1, 0.15) is 0 Å². The van der Waals surface area contributed by atoms with Crippen LogP contribution in [0.25, 0.3) is 0 Å². The van der Waals surface area contributed by atoms with E-state index in [1.807, 2.05) is 23.5 Å². The normalized spacial score (nSPS) is 46.7. The van der Waals surface area contributed by atoms with E-state index in [4.69, 9.17) is 4.74 Å². The molecule has 1 N–H and O–H groups in total. The second-order valence-electron chi connectivity index (χ2n) is 6.30. The summed E-state index contributed by atoms with van der Waals surface area (Å²) in [4.78, 5) is 0. The Kier molecular flexibility index (Phi) is 3.92. The Labute approximate surface area is 119 Å². The first-order valence-electron chi connectivity index (χ1n) is 7.17. The zero-order chi connectivity index (χ0) is 12.6. The average Bonchev–Trinajstić information content (AvgIpc) is 2.99. The first kappa shape index (κ1) is 13.6. The first-order valence-corrected chi connectivity index (χ1v) is 9.31. The molecule has 4 atom stereocenters. The van der Waals surface area contributed by atoms with Crippen molar-refractivity contribution < 1.29 is 9.84 Å². The summed E-state index contributed by atoms with van der Waals surface area (Å²) in [5, 5.41) is 10.8. The van der Waals surface area contributed by atoms with Gasteiger partial charge in [0, 0.05) is 17.1 Å². The Morgan fingerprint density at radius 2 is 2.22 bits per heavy atom. The van der Waals surface area contributed by atoms with Crippen LogP contribution in [-0.4, -0.2) is 45.4 Å². The molecule has 104 valence electrons. The largest absolute Gasteiger partial charge is 0.391 e. The highest BCUT2D eigenvalue weighted by Gasteiger charge is 2.47. The molecule has 1 spiro atoms. The second kappa shape index (κ2) is 5.19. The molecule has 3 aliphatic rings. The highest BCUT2D eigenvalue weighted by Crippen LogP contribution is 2.48. The van der Waals surface area contributed by atoms with Gasteiger partial charge in [0.15, 0.2) is 0 Å². The van der Waals surface area contributed by atoms with E-state index in [-0.39, 0.29) is 16.5 Å². The van der Waals surface area contributed by atoms with Gasteiger partial charge in [-0.15, -0.1) is 0 Å². The van der Waals surface area contributed by atoms with E-state index in [0.29, 0.717) is 5.92 Å². The summed E-state index contributed by atoms with van der Waals surface area (Å²) in [6.07, 6.45) is 5.61. The van der Waals surface area contributed by atoms with Crippen molar-refractivity contribution in [3.05, 3.63) is 0 Å². The maximum Gasteiger partial charge on any atom is 0.0783 e. The van der Waals surface area contributed by atoms with E-state index in [1.165, 1.54) is 30.8 Å². The summed E-state index contributed by atoms with van der Waals surface area (Å²) in [6, 6.07) is 0. The first-order chi connectivity index (χ1) is 8.64. The van der Waals surface area contributed by atoms with E-state index in [9.17, 15) is 5.11 Å². The number of hydrogen-bond donors (Lipinski definition) is 1. The fourth-order valence-corrected chi connectivity index (χ4v) is 6.52. The molecule has 18 heavy (non-hydrogen) atoms. The maximum atomic E-state index is 10.8. The van der Waals surface area contributed by atoms with Gasteiger partial charge >= 0.3 is 0 Å². The summed E-state index contributed by atoms with van der Waals surface area (Å²) >= 11 is 3.99. The van der Waals surface area contributed by atoms with Gasteiger partial charge in [-0.25, -0.2) is 0 Å². The van der Waals surface area contributed by atoms with Gasteiger partial charge in [0.05, 0.1) is 11.7 Å². The summed E-state index contributed by atoms with van der Waals surface area (Å²) in [6.45, 7) is 3.11. The molecule has 0 amide bonds. The van der Waals surface area contributed by atoms with E-state index in [1.54, 1.807) is 0 Å². The Morgan fingerprint density at radius 3 is 2.89 bits per heavy atom. The van der Waals surface area contributed by atoms with E-state index in [0.717, 1.165) is 25.2 Å². The van der Waals surface area contributed by atoms with Crippen LogP contribution in [0.15, 0.2) is 0 Å². The topological polar surface area (TPSA) is 29.5 Å². The highest BCUT2D eigenvalue weighted by molar-refractivity contribution is 8.01. The number of hydrogen-bond acceptors (Lipinski definition) is 4. The van der Waals surface area contributed by atoms with Crippen LogP contribution in [0, 0.1) is 5.92 Å². The SMILES string of the molecule is CC1(C(O)C2CCOC3(CCSC3)C2)CCCS1. The molecule has 0 aromatic rings. The van der Waals surface area contributed by atoms with Gasteiger partial charge in [0.2, 0.25) is 0 Å². The summed E-state index contributed by atoms with van der Waals surface area (Å²) in [5.41, 5.74) is 0.105. The molecule has 3 rings (SSSR count). The van der Waals surface area contributed by atoms with Gasteiger partial charge in [0.25, 0.3) is 0 Å². The van der Waals surface area contributed by atoms with Crippen LogP contribution in [0.2, 0.25) is 0 Å². The lowest BCUT2D eigenvalue weighted by Gasteiger charge is -2.43. The molecule has 0 aliphatic carbocycles. The lowest BCUT2D eigenvalue weighted by Crippen LogP contribution is -2.48. The van der Waals surface area contributed by atoms with Crippen molar-refractivity contribution in [2.75, 3.05) is 23.9 Å². The zero-order valence-corrected chi connectivity index (χ0v) is 12.8. The van der Waals surface area contributed by atoms with E-state index < -0.39 is 0 Å². The average molecular weight is 288 g/mol. The Bertz CT molecular complexity index is 286. The second-order valence-corrected chi connectivity index (χ2v) is 9.03. The van der Waals surface area contributed by atoms with Crippen LogP contribution in [0.4, 0.5) is 0 Å². The minimum absolute atomic E-state index is 0.105. The fourth-order valence-electron chi connectivity index (χ4n) is 3.73. The molecule has 3 aliphatic heterocycles. The van der Waals surface area contributed by atoms with Gasteiger partial charge in [-0.3, -0.25) is 0 Å². The van der Waals surface area contributed by atoms with Crippen molar-refractivity contribution in [1.82, 2.24) is 0 Å². The fraction of sp³-hybridized carbons (Fsp3) is 1.00. The minimum atomic E-state index is -0.142. The molecule has 2 nitrogen and oxygen atoms in total. The molecule has 0 radical (unpaired) electrons. The van der Waals surface area contributed by atoms with E-state index in [2.05, 4.69) is 6.92 Å². The lowest BCUT2D eigenvalue weighted by atomic mass is 9.78. The van der Waals surface area contributed by atoms with Gasteiger partial charge < -0.3 is 9.84 Å². The molecule has 4 heteroatoms. The quantitative estimate of drug-likeness (QED) is 0.846. The minimum Gasteiger partial charge on any atom is -0.391 e. The molecule has 0 bridgehead atoms. The standard InChI is InChI=1S/C14H24O2S2/c1-13(4-2-7-18-13)12(15)11-3-6-16-14(9-11)5-8-17-10-14/h11-12,15H,2-10H2,1H3. The van der Waals surface area contributed by atoms with Crippen LogP contribution < -0.4 is 0 Å². The molecule has 3 fully saturated rings. The highest BCUT2D eigenvalue weighted by atomic mass is 32.2. The van der Waals surface area contributed by atoms with E-state index >= 15 is 0 Å². The molecular weight excluding hydrogens is 264 g/mol. The monoisotopic (exact) mass is 288 g/mol. The lowest BCUT2D eigenvalue weighted by molar-refractivity contribution is -0.105. The van der Waals surface area contributed by atoms with Crippen molar-refractivity contribution in [2.24, 2.45) is 5.92 Å². The molecule has 0 saturated carbocycles. The summed E-state index contributed by atoms with van der Waals surface area (Å²) in [5.74, 6) is 4.04. The van der Waals surface area contributed by atoms with Crippen molar-refractivity contribution in [1.29, 1.82) is 0 Å². The molecular formula is C14H24O2S2. The van der Waals surface area contributed by atoms with Crippen LogP contribution in [-0.2, 0) is 4.74 Å². The number of thioether (sulfide) groups is 2. The molecule has 4 unspecified atom stereocenters. The molecule has 3 saturated heterocycles. The molecule has 0 aromatic heterocycles. The molecule has 0 aromatic carbocycles. The number of aliphatic hydroxyl groups is 1. The van der Waals surface area contributed by atoms with Crippen LogP contribution >= 0.6 is 23.5 Å². The third-order valence-corrected chi connectivity index (χ3v) is 7.74. The van der Waals surface area contributed by atoms with Crippen LogP contribution in [0.1, 0.15) is 39.0 Å². The summed E-state index contributed by atoms with van der Waals surface area (Å²) in [7, 11) is 0.